The van der Waals surface area contributed by atoms with E-state index in [2.05, 4.69) is 35.1 Å². The fourth-order valence-electron chi connectivity index (χ4n) is 2.18. The van der Waals surface area contributed by atoms with Crippen LogP contribution in [-0.2, 0) is 0 Å². The maximum absolute atomic E-state index is 13.6. The van der Waals surface area contributed by atoms with Gasteiger partial charge in [0.15, 0.2) is 0 Å². The van der Waals surface area contributed by atoms with Gasteiger partial charge in [-0.05, 0) is 47.4 Å². The van der Waals surface area contributed by atoms with E-state index in [9.17, 15) is 4.39 Å². The molecular weight excluding hydrogens is 285 g/mol. The van der Waals surface area contributed by atoms with Crippen LogP contribution in [0.2, 0.25) is 0 Å². The maximum atomic E-state index is 13.6. The second-order valence-corrected chi connectivity index (χ2v) is 5.15. The summed E-state index contributed by atoms with van der Waals surface area (Å²) in [6.45, 7) is 5.12. The van der Waals surface area contributed by atoms with Crippen LogP contribution in [0.4, 0.5) is 4.39 Å². The Morgan fingerprint density at radius 1 is 1.41 bits per heavy atom. The van der Waals surface area contributed by atoms with Crippen LogP contribution in [0.3, 0.4) is 0 Å². The highest BCUT2D eigenvalue weighted by Gasteiger charge is 2.33. The largest absolute Gasteiger partial charge is 0.488 e. The van der Waals surface area contributed by atoms with Crippen molar-refractivity contribution >= 4 is 15.9 Å². The quantitative estimate of drug-likeness (QED) is 0.913. The molecule has 0 saturated carbocycles. The molecule has 1 aromatic rings. The molecule has 2 unspecified atom stereocenters. The highest BCUT2D eigenvalue weighted by Crippen LogP contribution is 2.40. The molecule has 4 heteroatoms. The standard InChI is InChI=1S/C13H17BrFNO/c1-3-5-16-13-8-6-10(15)9(14)7-12(8)17-11(13)4-2/h6-7,11,13,16H,3-5H2,1-2H3. The van der Waals surface area contributed by atoms with Crippen molar-refractivity contribution in [3.05, 3.63) is 28.0 Å². The van der Waals surface area contributed by atoms with E-state index in [1.807, 2.05) is 0 Å². The van der Waals surface area contributed by atoms with Gasteiger partial charge in [-0.25, -0.2) is 4.39 Å². The molecule has 0 spiro atoms. The Morgan fingerprint density at radius 2 is 2.18 bits per heavy atom. The average molecular weight is 302 g/mol. The monoisotopic (exact) mass is 301 g/mol. The lowest BCUT2D eigenvalue weighted by atomic mass is 10.0. The van der Waals surface area contributed by atoms with E-state index < -0.39 is 0 Å². The molecule has 0 saturated heterocycles. The van der Waals surface area contributed by atoms with E-state index in [-0.39, 0.29) is 18.0 Å². The minimum absolute atomic E-state index is 0.102. The number of hydrogen-bond acceptors (Lipinski definition) is 2. The van der Waals surface area contributed by atoms with Crippen LogP contribution in [0, 0.1) is 5.82 Å². The molecule has 0 aliphatic carbocycles. The van der Waals surface area contributed by atoms with Crippen LogP contribution in [0.15, 0.2) is 16.6 Å². The second kappa shape index (κ2) is 5.36. The first-order chi connectivity index (χ1) is 8.17. The lowest BCUT2D eigenvalue weighted by molar-refractivity contribution is 0.185. The maximum Gasteiger partial charge on any atom is 0.137 e. The SMILES string of the molecule is CCCNC1c2cc(F)c(Br)cc2OC1CC. The summed E-state index contributed by atoms with van der Waals surface area (Å²) in [7, 11) is 0. The van der Waals surface area contributed by atoms with E-state index in [1.165, 1.54) is 0 Å². The molecule has 0 bridgehead atoms. The first-order valence-electron chi connectivity index (χ1n) is 6.06. The van der Waals surface area contributed by atoms with E-state index in [0.717, 1.165) is 30.7 Å². The Balaban J connectivity index is 2.30. The van der Waals surface area contributed by atoms with Crippen LogP contribution < -0.4 is 10.1 Å². The molecule has 0 fully saturated rings. The average Bonchev–Trinajstić information content (AvgIpc) is 2.64. The molecule has 1 aromatic carbocycles. The third-order valence-corrected chi connectivity index (χ3v) is 3.66. The summed E-state index contributed by atoms with van der Waals surface area (Å²) in [5, 5.41) is 3.43. The summed E-state index contributed by atoms with van der Waals surface area (Å²) in [4.78, 5) is 0. The normalized spacial score (nSPS) is 22.4. The molecule has 2 atom stereocenters. The molecule has 1 N–H and O–H groups in total. The van der Waals surface area contributed by atoms with Crippen LogP contribution >= 0.6 is 15.9 Å². The minimum atomic E-state index is -0.229. The summed E-state index contributed by atoms with van der Waals surface area (Å²) in [5.41, 5.74) is 0.936. The number of fused-ring (bicyclic) bond motifs is 1. The van der Waals surface area contributed by atoms with E-state index in [1.54, 1.807) is 12.1 Å². The van der Waals surface area contributed by atoms with E-state index in [4.69, 9.17) is 4.74 Å². The number of halogens is 2. The third kappa shape index (κ3) is 2.47. The Labute approximate surface area is 110 Å². The second-order valence-electron chi connectivity index (χ2n) is 4.30. The fourth-order valence-corrected chi connectivity index (χ4v) is 2.50. The van der Waals surface area contributed by atoms with Gasteiger partial charge in [-0.3, -0.25) is 0 Å². The van der Waals surface area contributed by atoms with Crippen LogP contribution in [-0.4, -0.2) is 12.6 Å². The van der Waals surface area contributed by atoms with Crippen LogP contribution in [0.25, 0.3) is 0 Å². The summed E-state index contributed by atoms with van der Waals surface area (Å²) in [6.07, 6.45) is 2.07. The van der Waals surface area contributed by atoms with Gasteiger partial charge in [0.2, 0.25) is 0 Å². The van der Waals surface area contributed by atoms with Gasteiger partial charge in [0.25, 0.3) is 0 Å². The van der Waals surface area contributed by atoms with Crippen molar-refractivity contribution in [3.8, 4) is 5.75 Å². The third-order valence-electron chi connectivity index (χ3n) is 3.05. The van der Waals surface area contributed by atoms with Gasteiger partial charge < -0.3 is 10.1 Å². The Kier molecular flexibility index (Phi) is 4.05. The molecular formula is C13H17BrFNO. The van der Waals surface area contributed by atoms with Crippen molar-refractivity contribution in [1.29, 1.82) is 0 Å². The van der Waals surface area contributed by atoms with Crippen molar-refractivity contribution < 1.29 is 9.13 Å². The van der Waals surface area contributed by atoms with Gasteiger partial charge in [0, 0.05) is 5.56 Å². The molecule has 2 rings (SSSR count). The Bertz CT molecular complexity index is 411. The van der Waals surface area contributed by atoms with Gasteiger partial charge in [-0.2, -0.15) is 0 Å². The summed E-state index contributed by atoms with van der Waals surface area (Å²) >= 11 is 3.19. The molecule has 0 amide bonds. The topological polar surface area (TPSA) is 21.3 Å². The number of ether oxygens (including phenoxy) is 1. The van der Waals surface area contributed by atoms with Crippen molar-refractivity contribution in [2.75, 3.05) is 6.54 Å². The molecule has 94 valence electrons. The van der Waals surface area contributed by atoms with E-state index in [0.29, 0.717) is 4.47 Å². The van der Waals surface area contributed by atoms with Gasteiger partial charge in [0.05, 0.1) is 10.5 Å². The lowest BCUT2D eigenvalue weighted by Crippen LogP contribution is -2.31. The van der Waals surface area contributed by atoms with Crippen molar-refractivity contribution in [2.45, 2.75) is 38.8 Å². The zero-order chi connectivity index (χ0) is 12.4. The summed E-state index contributed by atoms with van der Waals surface area (Å²) in [5.74, 6) is 0.561. The zero-order valence-electron chi connectivity index (χ0n) is 10.1. The Morgan fingerprint density at radius 3 is 2.82 bits per heavy atom. The summed E-state index contributed by atoms with van der Waals surface area (Å²) in [6, 6.07) is 3.40. The number of nitrogens with one attached hydrogen (secondary N) is 1. The molecule has 2 nitrogen and oxygen atoms in total. The first kappa shape index (κ1) is 12.8. The molecule has 0 aromatic heterocycles. The first-order valence-corrected chi connectivity index (χ1v) is 6.85. The van der Waals surface area contributed by atoms with Gasteiger partial charge in [-0.15, -0.1) is 0 Å². The van der Waals surface area contributed by atoms with Crippen molar-refractivity contribution in [2.24, 2.45) is 0 Å². The Hall–Kier alpha value is -0.610. The van der Waals surface area contributed by atoms with Crippen LogP contribution in [0.5, 0.6) is 5.75 Å². The number of benzene rings is 1. The van der Waals surface area contributed by atoms with E-state index >= 15 is 0 Å². The lowest BCUT2D eigenvalue weighted by Gasteiger charge is -2.18. The number of rotatable bonds is 4. The fraction of sp³-hybridized carbons (Fsp3) is 0.538. The van der Waals surface area contributed by atoms with Gasteiger partial charge in [-0.1, -0.05) is 13.8 Å². The van der Waals surface area contributed by atoms with Crippen LogP contribution in [0.1, 0.15) is 38.3 Å². The van der Waals surface area contributed by atoms with Crippen molar-refractivity contribution in [1.82, 2.24) is 5.32 Å². The molecule has 1 aliphatic heterocycles. The molecule has 0 radical (unpaired) electrons. The zero-order valence-corrected chi connectivity index (χ0v) is 11.7. The smallest absolute Gasteiger partial charge is 0.137 e. The molecule has 1 heterocycles. The predicted octanol–water partition coefficient (Wildman–Crippen LogP) is 3.80. The van der Waals surface area contributed by atoms with Gasteiger partial charge >= 0.3 is 0 Å². The van der Waals surface area contributed by atoms with Crippen molar-refractivity contribution in [3.63, 3.8) is 0 Å². The highest BCUT2D eigenvalue weighted by molar-refractivity contribution is 9.10. The highest BCUT2D eigenvalue weighted by atomic mass is 79.9. The minimum Gasteiger partial charge on any atom is -0.488 e. The predicted molar refractivity (Wildman–Crippen MR) is 69.8 cm³/mol. The summed E-state index contributed by atoms with van der Waals surface area (Å²) < 4.78 is 19.9. The molecule has 1 aliphatic rings. The molecule has 17 heavy (non-hydrogen) atoms. The van der Waals surface area contributed by atoms with Gasteiger partial charge in [0.1, 0.15) is 17.7 Å². The number of hydrogen-bond donors (Lipinski definition) is 1.